The summed E-state index contributed by atoms with van der Waals surface area (Å²) >= 11 is 0. The number of phosphoric acid groups is 5. The van der Waals surface area contributed by atoms with Crippen molar-refractivity contribution in [1.82, 2.24) is 0 Å². The monoisotopic (exact) mass is 794 g/mol. The molecule has 150 valence electrons. The minimum atomic E-state index is -6.18. The Hall–Kier alpha value is 16.2. The Labute approximate surface area is 570 Å². The second-order valence-corrected chi connectivity index (χ2v) is 10.1. The number of rotatable bonds is 8. The van der Waals surface area contributed by atoms with Crippen LogP contribution in [-0.2, 0) is 40.1 Å². The van der Waals surface area contributed by atoms with Gasteiger partial charge in [-0.3, -0.25) is 0 Å². The Morgan fingerprint density at radius 3 is 0.719 bits per heavy atom. The third-order valence-corrected chi connectivity index (χ3v) is 7.43. The molecule has 0 aromatic heterocycles. The van der Waals surface area contributed by atoms with E-state index in [4.69, 9.17) is 34.3 Å². The fourth-order valence-corrected chi connectivity index (χ4v) is 6.30. The van der Waals surface area contributed by atoms with Crippen molar-refractivity contribution in [3.8, 4) is 0 Å². The molecule has 0 aromatic carbocycles. The molecule has 1 unspecified atom stereocenters. The first kappa shape index (κ1) is 81.9. The van der Waals surface area contributed by atoms with E-state index in [9.17, 15) is 22.8 Å². The number of hydrogen-bond donors (Lipinski definition) is 7. The van der Waals surface area contributed by atoms with Crippen molar-refractivity contribution in [3.63, 3.8) is 0 Å². The predicted octanol–water partition coefficient (Wildman–Crippen LogP) is -7.59. The molecule has 0 aliphatic rings. The maximum atomic E-state index is 11.4. The summed E-state index contributed by atoms with van der Waals surface area (Å²) in [4.78, 5) is 58.5. The summed E-state index contributed by atoms with van der Waals surface area (Å²) in [5.74, 6) is 0. The van der Waals surface area contributed by atoms with Gasteiger partial charge in [-0.25, -0.2) is 22.8 Å². The quantitative estimate of drug-likeness (QED) is 0.0889. The standard InChI is InChI=1S/7K.4Na.H7O16P5.11H/c;;;;;;;;;;;1-17(2,3)13-20(10,11)16-21(12,14-18(4,5)6)15-19(7,8)9;;;;;;;;;;;/h;;;;;;;;;;;(H,10,11)(H2,1,2,3)(H2,4,5,6)(H2,7,8,9);;;;;;;;;;;. The van der Waals surface area contributed by atoms with E-state index in [0.717, 1.165) is 0 Å². The van der Waals surface area contributed by atoms with E-state index >= 15 is 0 Å². The average molecular weight is 795 g/mol. The van der Waals surface area contributed by atoms with E-state index in [1.807, 2.05) is 0 Å². The SMILES string of the molecule is O=P(O)(O)OP(=O)(O)OP(=O)(OP(=O)(O)O)OP(=O)(O)O.[KH].[KH].[KH].[KH].[KH].[KH].[KH].[NaH].[NaH].[NaH].[NaH]. The molecular weight excluding hydrogens is 776 g/mol. The first-order valence-electron chi connectivity index (χ1n) is 3.77. The Kier molecular flexibility index (Phi) is 102. The van der Waals surface area contributed by atoms with Crippen LogP contribution in [0.5, 0.6) is 0 Å². The van der Waals surface area contributed by atoms with Gasteiger partial charge >= 0.3 is 517 Å². The fraction of sp³-hybridized carbons (Fsp3) is 0. The third kappa shape index (κ3) is 58.4. The van der Waals surface area contributed by atoms with Gasteiger partial charge in [-0.2, -0.15) is 17.2 Å². The molecule has 0 aliphatic carbocycles. The van der Waals surface area contributed by atoms with Crippen molar-refractivity contribution in [2.24, 2.45) is 0 Å². The van der Waals surface area contributed by atoms with E-state index < -0.39 is 39.1 Å². The summed E-state index contributed by atoms with van der Waals surface area (Å²) in [7, 11) is -29.7. The Morgan fingerprint density at radius 1 is 0.375 bits per heavy atom. The second-order valence-electron chi connectivity index (χ2n) is 2.71. The molecule has 0 amide bonds. The Balaban J connectivity index is -0.0000000364. The molecule has 0 aliphatic heterocycles. The van der Waals surface area contributed by atoms with Crippen LogP contribution < -0.4 is 0 Å². The predicted molar refractivity (Wildman–Crippen MR) is 137 cm³/mol. The Morgan fingerprint density at radius 2 is 0.562 bits per heavy atom. The van der Waals surface area contributed by atoms with Gasteiger partial charge in [0.2, 0.25) is 0 Å². The molecule has 16 nitrogen and oxygen atoms in total. The van der Waals surface area contributed by atoms with E-state index in [2.05, 4.69) is 17.2 Å². The first-order chi connectivity index (χ1) is 8.83. The van der Waals surface area contributed by atoms with Gasteiger partial charge in [-0.05, 0) is 0 Å². The molecule has 0 heterocycles. The van der Waals surface area contributed by atoms with Gasteiger partial charge < -0.3 is 34.3 Å². The van der Waals surface area contributed by atoms with Crippen molar-refractivity contribution in [1.29, 1.82) is 0 Å². The van der Waals surface area contributed by atoms with Crippen molar-refractivity contribution >= 4 is 517 Å². The van der Waals surface area contributed by atoms with Crippen LogP contribution in [0.4, 0.5) is 0 Å². The van der Waals surface area contributed by atoms with E-state index in [1.54, 1.807) is 0 Å². The van der Waals surface area contributed by atoms with Gasteiger partial charge in [0.25, 0.3) is 0 Å². The molecule has 0 saturated heterocycles. The molecule has 32 heavy (non-hydrogen) atoms. The molecule has 0 fully saturated rings. The zero-order valence-electron chi connectivity index (χ0n) is 9.04. The average Bonchev–Trinajstić information content (AvgIpc) is 1.83. The van der Waals surface area contributed by atoms with E-state index in [-0.39, 0.29) is 478 Å². The van der Waals surface area contributed by atoms with Crippen molar-refractivity contribution in [2.45, 2.75) is 0 Å². The summed E-state index contributed by atoms with van der Waals surface area (Å²) in [5, 5.41) is 0. The van der Waals surface area contributed by atoms with Gasteiger partial charge in [0.1, 0.15) is 0 Å². The van der Waals surface area contributed by atoms with Crippen LogP contribution in [-0.4, -0.2) is 512 Å². The fourth-order valence-electron chi connectivity index (χ4n) is 0.581. The molecule has 7 N–H and O–H groups in total. The van der Waals surface area contributed by atoms with Gasteiger partial charge in [-0.1, -0.05) is 0 Å². The van der Waals surface area contributed by atoms with Crippen molar-refractivity contribution in [3.05, 3.63) is 0 Å². The zero-order valence-corrected chi connectivity index (χ0v) is 13.5. The summed E-state index contributed by atoms with van der Waals surface area (Å²) in [6.45, 7) is 0. The van der Waals surface area contributed by atoms with Gasteiger partial charge in [-0.15, -0.1) is 0 Å². The summed E-state index contributed by atoms with van der Waals surface area (Å²) < 4.78 is 66.3. The normalized spacial score (nSPS) is 11.5. The molecule has 0 rings (SSSR count). The molecule has 32 heteroatoms. The van der Waals surface area contributed by atoms with Crippen LogP contribution >= 0.6 is 39.1 Å². The molecule has 0 saturated carbocycles. The minimum absolute atomic E-state index is 0. The second kappa shape index (κ2) is 39.9. The molecule has 0 radical (unpaired) electrons. The van der Waals surface area contributed by atoms with E-state index in [0.29, 0.717) is 0 Å². The zero-order chi connectivity index (χ0) is 17.3. The van der Waals surface area contributed by atoms with Crippen LogP contribution in [0.1, 0.15) is 0 Å². The molecule has 1 atom stereocenters. The summed E-state index contributed by atoms with van der Waals surface area (Å²) in [6.07, 6.45) is 0. The summed E-state index contributed by atoms with van der Waals surface area (Å²) in [5.41, 5.74) is 0. The topological polar surface area (TPSA) is 264 Å². The van der Waals surface area contributed by atoms with Gasteiger partial charge in [0.15, 0.2) is 0 Å². The van der Waals surface area contributed by atoms with Crippen LogP contribution in [0.15, 0.2) is 0 Å². The van der Waals surface area contributed by atoms with Gasteiger partial charge in [0, 0.05) is 0 Å². The molecule has 0 bridgehead atoms. The van der Waals surface area contributed by atoms with Crippen molar-refractivity contribution < 1.29 is 74.3 Å². The Bertz CT molecular complexity index is 602. The molecule has 0 aromatic rings. The molecule has 0 spiro atoms. The van der Waals surface area contributed by atoms with Crippen LogP contribution in [0.2, 0.25) is 0 Å². The van der Waals surface area contributed by atoms with Crippen LogP contribution in [0.3, 0.4) is 0 Å². The van der Waals surface area contributed by atoms with Crippen LogP contribution in [0.25, 0.3) is 0 Å². The van der Waals surface area contributed by atoms with Crippen LogP contribution in [0, 0.1) is 0 Å². The summed E-state index contributed by atoms with van der Waals surface area (Å²) in [6, 6.07) is 0. The van der Waals surface area contributed by atoms with E-state index in [1.165, 1.54) is 0 Å². The van der Waals surface area contributed by atoms with Crippen molar-refractivity contribution in [2.75, 3.05) is 0 Å². The van der Waals surface area contributed by atoms with Gasteiger partial charge in [0.05, 0.1) is 0 Å². The number of hydrogen-bond acceptors (Lipinski definition) is 9. The first-order valence-corrected chi connectivity index (χ1v) is 11.3. The third-order valence-electron chi connectivity index (χ3n) is 0.825. The molecular formula is H18K7Na4O16P5. The maximum absolute atomic E-state index is 11.4.